The van der Waals surface area contributed by atoms with Crippen molar-refractivity contribution in [2.45, 2.75) is 38.3 Å². The van der Waals surface area contributed by atoms with Gasteiger partial charge in [-0.1, -0.05) is 13.0 Å². The lowest BCUT2D eigenvalue weighted by molar-refractivity contribution is 0.0516. The number of benzene rings is 1. The van der Waals surface area contributed by atoms with Crippen LogP contribution in [-0.2, 0) is 11.2 Å². The van der Waals surface area contributed by atoms with Crippen LogP contribution in [0.25, 0.3) is 0 Å². The zero-order valence-corrected chi connectivity index (χ0v) is 14.1. The van der Waals surface area contributed by atoms with Crippen molar-refractivity contribution in [2.75, 3.05) is 20.8 Å². The Morgan fingerprint density at radius 3 is 2.60 bits per heavy atom. The van der Waals surface area contributed by atoms with Gasteiger partial charge in [0.25, 0.3) is 0 Å². The summed E-state index contributed by atoms with van der Waals surface area (Å²) in [6.07, 6.45) is 3.89. The Labute approximate surface area is 130 Å². The van der Waals surface area contributed by atoms with Gasteiger partial charge in [0.15, 0.2) is 0 Å². The van der Waals surface area contributed by atoms with Gasteiger partial charge < -0.3 is 14.8 Å². The monoisotopic (exact) mass is 341 g/mol. The first-order chi connectivity index (χ1) is 9.69. The van der Waals surface area contributed by atoms with Crippen LogP contribution < -0.4 is 10.1 Å². The van der Waals surface area contributed by atoms with E-state index in [1.54, 1.807) is 7.11 Å². The summed E-state index contributed by atoms with van der Waals surface area (Å²) in [5.41, 5.74) is 1.30. The van der Waals surface area contributed by atoms with Crippen molar-refractivity contribution in [1.82, 2.24) is 5.32 Å². The van der Waals surface area contributed by atoms with Gasteiger partial charge in [-0.2, -0.15) is 0 Å². The maximum Gasteiger partial charge on any atom is 0.133 e. The molecule has 1 aliphatic carbocycles. The molecule has 1 N–H and O–H groups in total. The average molecular weight is 342 g/mol. The summed E-state index contributed by atoms with van der Waals surface area (Å²) < 4.78 is 12.0. The molecule has 0 amide bonds. The van der Waals surface area contributed by atoms with Crippen LogP contribution in [0.1, 0.15) is 25.3 Å². The molecule has 2 rings (SSSR count). The molecule has 0 aliphatic heterocycles. The standard InChI is InChI=1S/C16H24BrNO2/c1-4-18-14(16(20-3)12-6-7-12)10-11-5-8-15(19-2)13(17)9-11/h5,8-9,12,14,16,18H,4,6-7,10H2,1-3H3. The molecule has 0 radical (unpaired) electrons. The molecule has 112 valence electrons. The average Bonchev–Trinajstić information content (AvgIpc) is 3.25. The summed E-state index contributed by atoms with van der Waals surface area (Å²) in [7, 11) is 3.52. The first-order valence-corrected chi connectivity index (χ1v) is 8.07. The van der Waals surface area contributed by atoms with Crippen molar-refractivity contribution in [2.24, 2.45) is 5.92 Å². The third-order valence-electron chi connectivity index (χ3n) is 3.89. The smallest absolute Gasteiger partial charge is 0.133 e. The van der Waals surface area contributed by atoms with E-state index < -0.39 is 0 Å². The molecule has 4 heteroatoms. The van der Waals surface area contributed by atoms with Crippen LogP contribution in [0.5, 0.6) is 5.75 Å². The molecule has 1 aromatic rings. The first-order valence-electron chi connectivity index (χ1n) is 7.28. The first kappa shape index (κ1) is 15.8. The van der Waals surface area contributed by atoms with Gasteiger partial charge in [0.1, 0.15) is 5.75 Å². The Morgan fingerprint density at radius 2 is 2.10 bits per heavy atom. The third-order valence-corrected chi connectivity index (χ3v) is 4.51. The minimum Gasteiger partial charge on any atom is -0.496 e. The molecular weight excluding hydrogens is 318 g/mol. The van der Waals surface area contributed by atoms with E-state index >= 15 is 0 Å². The fourth-order valence-electron chi connectivity index (χ4n) is 2.77. The largest absolute Gasteiger partial charge is 0.496 e. The number of methoxy groups -OCH3 is 2. The van der Waals surface area contributed by atoms with Crippen LogP contribution in [0.15, 0.2) is 22.7 Å². The van der Waals surface area contributed by atoms with E-state index in [0.717, 1.165) is 29.1 Å². The second kappa shape index (κ2) is 7.43. The van der Waals surface area contributed by atoms with Gasteiger partial charge in [0.05, 0.1) is 17.7 Å². The summed E-state index contributed by atoms with van der Waals surface area (Å²) >= 11 is 3.55. The number of hydrogen-bond acceptors (Lipinski definition) is 3. The topological polar surface area (TPSA) is 30.5 Å². The Morgan fingerprint density at radius 1 is 1.35 bits per heavy atom. The van der Waals surface area contributed by atoms with E-state index in [2.05, 4.69) is 40.3 Å². The van der Waals surface area contributed by atoms with Crippen LogP contribution in [0.4, 0.5) is 0 Å². The number of nitrogens with one attached hydrogen (secondary N) is 1. The lowest BCUT2D eigenvalue weighted by atomic mass is 9.98. The summed E-state index contributed by atoms with van der Waals surface area (Å²) in [5.74, 6) is 1.60. The molecule has 1 aromatic carbocycles. The van der Waals surface area contributed by atoms with Crippen molar-refractivity contribution in [3.05, 3.63) is 28.2 Å². The minimum absolute atomic E-state index is 0.316. The second-order valence-corrected chi connectivity index (χ2v) is 6.23. The molecule has 1 aliphatic rings. The van der Waals surface area contributed by atoms with E-state index in [-0.39, 0.29) is 0 Å². The number of hydrogen-bond donors (Lipinski definition) is 1. The molecule has 3 nitrogen and oxygen atoms in total. The highest BCUT2D eigenvalue weighted by atomic mass is 79.9. The zero-order chi connectivity index (χ0) is 14.5. The predicted octanol–water partition coefficient (Wildman–Crippen LogP) is 3.40. The molecule has 20 heavy (non-hydrogen) atoms. The van der Waals surface area contributed by atoms with Crippen molar-refractivity contribution in [1.29, 1.82) is 0 Å². The fraction of sp³-hybridized carbons (Fsp3) is 0.625. The highest BCUT2D eigenvalue weighted by molar-refractivity contribution is 9.10. The van der Waals surface area contributed by atoms with Crippen LogP contribution >= 0.6 is 15.9 Å². The van der Waals surface area contributed by atoms with Gasteiger partial charge in [0.2, 0.25) is 0 Å². The summed E-state index contributed by atoms with van der Waals surface area (Å²) in [6.45, 7) is 3.12. The minimum atomic E-state index is 0.316. The molecule has 1 saturated carbocycles. The van der Waals surface area contributed by atoms with E-state index in [1.165, 1.54) is 18.4 Å². The van der Waals surface area contributed by atoms with E-state index in [1.807, 2.05) is 13.2 Å². The molecule has 0 saturated heterocycles. The second-order valence-electron chi connectivity index (χ2n) is 5.37. The Bertz CT molecular complexity index is 434. The lowest BCUT2D eigenvalue weighted by Crippen LogP contribution is -2.43. The van der Waals surface area contributed by atoms with Crippen LogP contribution in [0.2, 0.25) is 0 Å². The fourth-order valence-corrected chi connectivity index (χ4v) is 3.36. The molecule has 0 spiro atoms. The van der Waals surface area contributed by atoms with E-state index in [0.29, 0.717) is 12.1 Å². The van der Waals surface area contributed by atoms with Crippen LogP contribution in [0.3, 0.4) is 0 Å². The molecule has 1 fully saturated rings. The molecule has 0 heterocycles. The number of rotatable bonds is 8. The number of likely N-dealkylation sites (N-methyl/N-ethyl adjacent to an activating group) is 1. The van der Waals surface area contributed by atoms with E-state index in [4.69, 9.17) is 9.47 Å². The van der Waals surface area contributed by atoms with Gasteiger partial charge in [0, 0.05) is 13.2 Å². The maximum atomic E-state index is 5.74. The van der Waals surface area contributed by atoms with Gasteiger partial charge in [-0.3, -0.25) is 0 Å². The zero-order valence-electron chi connectivity index (χ0n) is 12.5. The molecule has 0 bridgehead atoms. The SMILES string of the molecule is CCNC(Cc1ccc(OC)c(Br)c1)C(OC)C1CC1. The van der Waals surface area contributed by atoms with Crippen molar-refractivity contribution in [3.8, 4) is 5.75 Å². The summed E-state index contributed by atoms with van der Waals surface area (Å²) in [6, 6.07) is 6.66. The van der Waals surface area contributed by atoms with Crippen LogP contribution in [-0.4, -0.2) is 32.9 Å². The van der Waals surface area contributed by atoms with Gasteiger partial charge in [-0.15, -0.1) is 0 Å². The summed E-state index contributed by atoms with van der Waals surface area (Å²) in [4.78, 5) is 0. The van der Waals surface area contributed by atoms with Crippen molar-refractivity contribution in [3.63, 3.8) is 0 Å². The number of ether oxygens (including phenoxy) is 2. The maximum absolute atomic E-state index is 5.74. The molecule has 0 aromatic heterocycles. The van der Waals surface area contributed by atoms with Gasteiger partial charge >= 0.3 is 0 Å². The highest BCUT2D eigenvalue weighted by Crippen LogP contribution is 2.36. The number of halogens is 1. The lowest BCUT2D eigenvalue weighted by Gasteiger charge is -2.27. The quantitative estimate of drug-likeness (QED) is 0.785. The Kier molecular flexibility index (Phi) is 5.87. The Hall–Kier alpha value is -0.580. The van der Waals surface area contributed by atoms with Crippen LogP contribution in [0, 0.1) is 5.92 Å². The third kappa shape index (κ3) is 3.96. The van der Waals surface area contributed by atoms with Crippen molar-refractivity contribution >= 4 is 15.9 Å². The molecule has 2 atom stereocenters. The molecule has 2 unspecified atom stereocenters. The normalized spacial score (nSPS) is 17.8. The van der Waals surface area contributed by atoms with Gasteiger partial charge in [-0.25, -0.2) is 0 Å². The predicted molar refractivity (Wildman–Crippen MR) is 85.4 cm³/mol. The molecular formula is C16H24BrNO2. The Balaban J connectivity index is 2.08. The van der Waals surface area contributed by atoms with E-state index in [9.17, 15) is 0 Å². The van der Waals surface area contributed by atoms with Crippen molar-refractivity contribution < 1.29 is 9.47 Å². The summed E-state index contributed by atoms with van der Waals surface area (Å²) in [5, 5.41) is 3.58. The highest BCUT2D eigenvalue weighted by Gasteiger charge is 2.36. The van der Waals surface area contributed by atoms with Gasteiger partial charge in [-0.05, 0) is 65.4 Å².